The first-order chi connectivity index (χ1) is 29.1. The molecule has 7 rings (SSSR count). The van der Waals surface area contributed by atoms with Crippen molar-refractivity contribution in [2.75, 3.05) is 20.2 Å². The van der Waals surface area contributed by atoms with Crippen molar-refractivity contribution in [1.82, 2.24) is 24.5 Å². The van der Waals surface area contributed by atoms with Crippen LogP contribution in [0.4, 0.5) is 8.78 Å². The van der Waals surface area contributed by atoms with Crippen LogP contribution in [0.3, 0.4) is 0 Å². The van der Waals surface area contributed by atoms with Gasteiger partial charge in [0.1, 0.15) is 23.7 Å². The summed E-state index contributed by atoms with van der Waals surface area (Å²) in [6, 6.07) is 3.62. The third-order valence-corrected chi connectivity index (χ3v) is 16.2. The van der Waals surface area contributed by atoms with Crippen LogP contribution in [0.1, 0.15) is 111 Å². The van der Waals surface area contributed by atoms with E-state index in [0.29, 0.717) is 67.5 Å². The first kappa shape index (κ1) is 45.5. The number of methoxy groups -OCH3 is 1. The zero-order valence-corrected chi connectivity index (χ0v) is 37.4. The van der Waals surface area contributed by atoms with Gasteiger partial charge in [-0.05, 0) is 63.0 Å². The predicted molar refractivity (Wildman–Crippen MR) is 221 cm³/mol. The Labute approximate surface area is 361 Å². The van der Waals surface area contributed by atoms with Gasteiger partial charge in [-0.15, -0.1) is 0 Å². The number of Topliss-reactive ketones (excluding diaryl/α,β-unsaturated/α-hetero) is 1. The van der Waals surface area contributed by atoms with Crippen LogP contribution in [-0.2, 0) is 45.2 Å². The van der Waals surface area contributed by atoms with Crippen molar-refractivity contribution in [2.24, 2.45) is 28.6 Å². The number of rotatable bonds is 8. The van der Waals surface area contributed by atoms with Crippen LogP contribution in [0.25, 0.3) is 11.0 Å². The Morgan fingerprint density at radius 1 is 1.03 bits per heavy atom. The van der Waals surface area contributed by atoms with Crippen molar-refractivity contribution in [3.63, 3.8) is 0 Å². The van der Waals surface area contributed by atoms with E-state index in [4.69, 9.17) is 24.2 Å². The number of hydrogen-bond donors (Lipinski definition) is 1. The molecule has 340 valence electrons. The van der Waals surface area contributed by atoms with Gasteiger partial charge in [0.05, 0.1) is 59.3 Å². The molecule has 8 atom stereocenters. The number of ketones is 1. The standard InChI is InChI=1S/C44H59F2N5O10S/c1-24-35-23-51(37(24)33(53)22-44(21-28(44)38(45)46)41(56)49-62(57,58)43(6)16-17-43)40(55)27(42(3,4)5)20-36(54)60-34-15-18-50(25(2)52)32(34)12-10-8-9-11-30-39(61-35)48-31-19-26(59-7)13-14-29(31)47-30/h13-14,19,24,27-28,32,34-35,37-38H,8-12,15-18,20-23H2,1-7H3,(H,49,56)/t24-,27-,28+,32+,34-,35+,37+,44?/m1/s1. The largest absolute Gasteiger partial charge is 0.497 e. The third kappa shape index (κ3) is 8.85. The Bertz CT molecular complexity index is 2230. The molecule has 2 saturated carbocycles. The first-order valence-corrected chi connectivity index (χ1v) is 23.2. The maximum Gasteiger partial charge on any atom is 0.306 e. The lowest BCUT2D eigenvalue weighted by Gasteiger charge is -2.35. The molecule has 1 aromatic carbocycles. The molecule has 5 aliphatic rings. The van der Waals surface area contributed by atoms with Gasteiger partial charge in [-0.3, -0.25) is 28.7 Å². The molecule has 4 heterocycles. The van der Waals surface area contributed by atoms with Gasteiger partial charge in [0.2, 0.25) is 40.1 Å². The maximum atomic E-state index is 15.0. The fourth-order valence-corrected chi connectivity index (χ4v) is 11.0. The number of alkyl halides is 2. The normalized spacial score (nSPS) is 30.4. The number of amides is 3. The van der Waals surface area contributed by atoms with Gasteiger partial charge in [0.15, 0.2) is 5.78 Å². The number of halogens is 2. The summed E-state index contributed by atoms with van der Waals surface area (Å²) in [7, 11) is -2.69. The summed E-state index contributed by atoms with van der Waals surface area (Å²) in [5, 5.41) is 0. The number of ether oxygens (including phenoxy) is 3. The molecule has 2 saturated heterocycles. The molecule has 2 bridgehead atoms. The van der Waals surface area contributed by atoms with Gasteiger partial charge >= 0.3 is 5.97 Å². The highest BCUT2D eigenvalue weighted by Gasteiger charge is 2.67. The maximum absolute atomic E-state index is 15.0. The van der Waals surface area contributed by atoms with Crippen molar-refractivity contribution in [3.8, 4) is 11.6 Å². The minimum absolute atomic E-state index is 0.124. The summed E-state index contributed by atoms with van der Waals surface area (Å²) in [5.74, 6) is -5.86. The average molecular weight is 888 g/mol. The third-order valence-electron chi connectivity index (χ3n) is 14.1. The van der Waals surface area contributed by atoms with Gasteiger partial charge < -0.3 is 24.0 Å². The Hall–Kier alpha value is -4.48. The van der Waals surface area contributed by atoms with E-state index in [1.165, 1.54) is 25.9 Å². The highest BCUT2D eigenvalue weighted by atomic mass is 32.2. The molecular formula is C44H59F2N5O10S. The smallest absolute Gasteiger partial charge is 0.306 e. The molecule has 1 N–H and O–H groups in total. The lowest BCUT2D eigenvalue weighted by atomic mass is 9.77. The van der Waals surface area contributed by atoms with Crippen LogP contribution in [0.15, 0.2) is 18.2 Å². The summed E-state index contributed by atoms with van der Waals surface area (Å²) in [5.41, 5.74) is -1.24. The fourth-order valence-electron chi connectivity index (χ4n) is 9.66. The molecule has 2 aliphatic carbocycles. The molecule has 18 heteroatoms. The van der Waals surface area contributed by atoms with Crippen molar-refractivity contribution < 1.29 is 55.4 Å². The SMILES string of the molecule is COc1ccc2nc3c(nc2c1)O[C@H]1CN(C(=O)[C@H](C(C)(C)C)CC(=O)O[C@@H]2CCN(C(C)=O)[C@H]2CCCCC3)[C@H](C(=O)CC2(C(=O)NS(=O)(=O)C3(C)CC3)C[C@H]2C(F)F)[C@@H]1C. The fraction of sp³-hybridized carbons (Fsp3) is 0.705. The van der Waals surface area contributed by atoms with Gasteiger partial charge in [-0.2, -0.15) is 0 Å². The molecule has 0 spiro atoms. The van der Waals surface area contributed by atoms with E-state index in [1.54, 1.807) is 50.8 Å². The number of nitrogens with one attached hydrogen (secondary N) is 1. The van der Waals surface area contributed by atoms with Crippen molar-refractivity contribution in [3.05, 3.63) is 23.9 Å². The lowest BCUT2D eigenvalue weighted by molar-refractivity contribution is -0.158. The summed E-state index contributed by atoms with van der Waals surface area (Å²) in [4.78, 5) is 83.0. The minimum Gasteiger partial charge on any atom is -0.497 e. The molecule has 15 nitrogen and oxygen atoms in total. The van der Waals surface area contributed by atoms with E-state index in [1.807, 2.05) is 4.72 Å². The second kappa shape index (κ2) is 16.9. The number of hydrogen-bond acceptors (Lipinski definition) is 12. The number of carbonyl (C=O) groups excluding carboxylic acids is 5. The van der Waals surface area contributed by atoms with Crippen LogP contribution in [-0.4, -0.2) is 113 Å². The number of benzene rings is 1. The van der Waals surface area contributed by atoms with E-state index in [9.17, 15) is 36.4 Å². The molecular weight excluding hydrogens is 829 g/mol. The zero-order chi connectivity index (χ0) is 45.1. The molecule has 2 aromatic rings. The number of sulfonamides is 1. The Kier molecular flexibility index (Phi) is 12.4. The quantitative estimate of drug-likeness (QED) is 0.343. The van der Waals surface area contributed by atoms with E-state index >= 15 is 4.79 Å². The Morgan fingerprint density at radius 3 is 2.39 bits per heavy atom. The first-order valence-electron chi connectivity index (χ1n) is 21.8. The van der Waals surface area contributed by atoms with Crippen molar-refractivity contribution in [1.29, 1.82) is 0 Å². The summed E-state index contributed by atoms with van der Waals surface area (Å²) >= 11 is 0. The predicted octanol–water partition coefficient (Wildman–Crippen LogP) is 5.16. The van der Waals surface area contributed by atoms with Crippen LogP contribution < -0.4 is 14.2 Å². The molecule has 62 heavy (non-hydrogen) atoms. The van der Waals surface area contributed by atoms with E-state index < -0.39 is 104 Å². The van der Waals surface area contributed by atoms with E-state index in [2.05, 4.69) is 0 Å². The summed E-state index contributed by atoms with van der Waals surface area (Å²) in [6.45, 7) is 10.3. The van der Waals surface area contributed by atoms with Gasteiger partial charge in [0, 0.05) is 44.2 Å². The van der Waals surface area contributed by atoms with Gasteiger partial charge in [-0.25, -0.2) is 27.2 Å². The average Bonchev–Trinajstić information content (AvgIpc) is 4.06. The molecule has 3 aliphatic heterocycles. The number of fused-ring (bicyclic) bond motifs is 5. The minimum atomic E-state index is -4.22. The Morgan fingerprint density at radius 2 is 1.76 bits per heavy atom. The highest BCUT2D eigenvalue weighted by molar-refractivity contribution is 7.91. The number of carbonyl (C=O) groups is 5. The topological polar surface area (TPSA) is 191 Å². The van der Waals surface area contributed by atoms with E-state index in [0.717, 1.165) is 12.8 Å². The number of likely N-dealkylation sites (tertiary alicyclic amines) is 1. The highest BCUT2D eigenvalue weighted by Crippen LogP contribution is 2.59. The summed E-state index contributed by atoms with van der Waals surface area (Å²) in [6.07, 6.45) is -1.72. The lowest BCUT2D eigenvalue weighted by Crippen LogP contribution is -2.50. The van der Waals surface area contributed by atoms with Crippen molar-refractivity contribution >= 4 is 50.5 Å². The number of aromatic nitrogens is 2. The zero-order valence-electron chi connectivity index (χ0n) is 36.6. The second-order valence-electron chi connectivity index (χ2n) is 19.4. The van der Waals surface area contributed by atoms with Crippen LogP contribution in [0, 0.1) is 28.6 Å². The Balaban J connectivity index is 1.27. The van der Waals surface area contributed by atoms with Gasteiger partial charge in [-0.1, -0.05) is 40.5 Å². The van der Waals surface area contributed by atoms with Gasteiger partial charge in [0.25, 0.3) is 0 Å². The summed E-state index contributed by atoms with van der Waals surface area (Å²) < 4.78 is 74.1. The molecule has 0 radical (unpaired) electrons. The van der Waals surface area contributed by atoms with E-state index in [-0.39, 0.29) is 30.8 Å². The van der Waals surface area contributed by atoms with Crippen LogP contribution in [0.2, 0.25) is 0 Å². The van der Waals surface area contributed by atoms with Crippen LogP contribution in [0.5, 0.6) is 11.6 Å². The monoisotopic (exact) mass is 887 g/mol. The second-order valence-corrected chi connectivity index (χ2v) is 21.6. The number of aryl methyl sites for hydroxylation is 1. The molecule has 3 amide bonds. The molecule has 1 aromatic heterocycles. The number of esters is 1. The van der Waals surface area contributed by atoms with Crippen molar-refractivity contribution in [2.45, 2.75) is 148 Å². The number of nitrogens with zero attached hydrogens (tertiary/aromatic N) is 4. The molecule has 4 fully saturated rings. The molecule has 1 unspecified atom stereocenters. The van der Waals surface area contributed by atoms with Crippen LogP contribution >= 0.6 is 0 Å².